The van der Waals surface area contributed by atoms with Crippen LogP contribution in [0.1, 0.15) is 18.3 Å². The molecule has 0 atom stereocenters. The van der Waals surface area contributed by atoms with E-state index in [2.05, 4.69) is 25.9 Å². The van der Waals surface area contributed by atoms with E-state index in [9.17, 15) is 4.79 Å². The highest BCUT2D eigenvalue weighted by atomic mass is 35.5. The average molecular weight is 384 g/mol. The van der Waals surface area contributed by atoms with Crippen molar-refractivity contribution in [2.24, 2.45) is 0 Å². The number of aromatic nitrogens is 2. The molecule has 27 heavy (non-hydrogen) atoms. The Hall–Kier alpha value is -2.86. The third kappa shape index (κ3) is 4.86. The normalized spacial score (nSPS) is 10.6. The van der Waals surface area contributed by atoms with Gasteiger partial charge in [-0.1, -0.05) is 36.7 Å². The van der Waals surface area contributed by atoms with Crippen LogP contribution < -0.4 is 16.0 Å². The van der Waals surface area contributed by atoms with Gasteiger partial charge in [-0.3, -0.25) is 0 Å². The Labute approximate surface area is 163 Å². The number of benzene rings is 2. The zero-order valence-electron chi connectivity index (χ0n) is 15.3. The minimum absolute atomic E-state index is 0.236. The number of halogens is 1. The van der Waals surface area contributed by atoms with Gasteiger partial charge < -0.3 is 16.0 Å². The molecule has 0 unspecified atom stereocenters. The van der Waals surface area contributed by atoms with Crippen LogP contribution in [0.5, 0.6) is 0 Å². The van der Waals surface area contributed by atoms with E-state index in [1.807, 2.05) is 56.3 Å². The summed E-state index contributed by atoms with van der Waals surface area (Å²) < 4.78 is 0. The van der Waals surface area contributed by atoms with E-state index in [4.69, 9.17) is 11.6 Å². The quantitative estimate of drug-likeness (QED) is 0.551. The summed E-state index contributed by atoms with van der Waals surface area (Å²) in [4.78, 5) is 21.1. The van der Waals surface area contributed by atoms with Crippen molar-refractivity contribution in [2.45, 2.75) is 20.3 Å². The fourth-order valence-corrected chi connectivity index (χ4v) is 2.85. The summed E-state index contributed by atoms with van der Waals surface area (Å²) in [5, 5.41) is 10.5. The van der Waals surface area contributed by atoms with E-state index >= 15 is 0 Å². The van der Waals surface area contributed by atoms with Crippen LogP contribution >= 0.6 is 11.6 Å². The van der Waals surface area contributed by atoms with Crippen LogP contribution in [-0.4, -0.2) is 29.1 Å². The number of rotatable bonds is 6. The van der Waals surface area contributed by atoms with E-state index in [0.717, 1.165) is 40.2 Å². The Morgan fingerprint density at radius 1 is 1.11 bits per heavy atom. The monoisotopic (exact) mass is 383 g/mol. The molecular formula is C20H22ClN5O. The zero-order chi connectivity index (χ0) is 19.2. The second-order valence-electron chi connectivity index (χ2n) is 6.13. The minimum Gasteiger partial charge on any atom is -0.368 e. The largest absolute Gasteiger partial charge is 0.368 e. The Morgan fingerprint density at radius 2 is 1.93 bits per heavy atom. The summed E-state index contributed by atoms with van der Waals surface area (Å²) >= 11 is 6.07. The summed E-state index contributed by atoms with van der Waals surface area (Å²) in [6, 6.07) is 13.0. The van der Waals surface area contributed by atoms with Crippen LogP contribution in [0.2, 0.25) is 5.02 Å². The number of urea groups is 1. The van der Waals surface area contributed by atoms with E-state index in [-0.39, 0.29) is 6.03 Å². The highest BCUT2D eigenvalue weighted by Gasteiger charge is 2.08. The molecule has 0 aliphatic carbocycles. The van der Waals surface area contributed by atoms with Crippen LogP contribution in [0.3, 0.4) is 0 Å². The van der Waals surface area contributed by atoms with Crippen molar-refractivity contribution in [1.29, 1.82) is 0 Å². The van der Waals surface area contributed by atoms with Crippen molar-refractivity contribution in [3.63, 3.8) is 0 Å². The Morgan fingerprint density at radius 3 is 2.70 bits per heavy atom. The Balaban J connectivity index is 1.59. The number of nitrogens with zero attached hydrogens (tertiary/aromatic N) is 2. The summed E-state index contributed by atoms with van der Waals surface area (Å²) in [6.45, 7) is 4.96. The average Bonchev–Trinajstić information content (AvgIpc) is 2.66. The molecule has 0 aliphatic heterocycles. The predicted molar refractivity (Wildman–Crippen MR) is 111 cm³/mol. The number of carbonyl (C=O) groups excluding carboxylic acids is 1. The van der Waals surface area contributed by atoms with Gasteiger partial charge in [-0.05, 0) is 36.8 Å². The fraction of sp³-hybridized carbons (Fsp3) is 0.250. The summed E-state index contributed by atoms with van der Waals surface area (Å²) in [5.41, 5.74) is 2.63. The first-order valence-corrected chi connectivity index (χ1v) is 9.25. The maximum atomic E-state index is 12.0. The van der Waals surface area contributed by atoms with Gasteiger partial charge in [-0.15, -0.1) is 0 Å². The molecule has 7 heteroatoms. The van der Waals surface area contributed by atoms with E-state index in [1.54, 1.807) is 0 Å². The van der Waals surface area contributed by atoms with Gasteiger partial charge in [-0.2, -0.15) is 0 Å². The summed E-state index contributed by atoms with van der Waals surface area (Å²) in [5.74, 6) is 1.49. The molecule has 3 N–H and O–H groups in total. The lowest BCUT2D eigenvalue weighted by atomic mass is 10.2. The minimum atomic E-state index is -0.236. The number of carbonyl (C=O) groups is 1. The predicted octanol–water partition coefficient (Wildman–Crippen LogP) is 4.39. The van der Waals surface area contributed by atoms with Gasteiger partial charge in [0.1, 0.15) is 11.6 Å². The molecule has 0 radical (unpaired) electrons. The number of hydrogen-bond acceptors (Lipinski definition) is 4. The molecule has 0 saturated carbocycles. The van der Waals surface area contributed by atoms with Crippen molar-refractivity contribution in [2.75, 3.05) is 23.7 Å². The molecular weight excluding hydrogens is 362 g/mol. The number of fused-ring (bicyclic) bond motifs is 1. The van der Waals surface area contributed by atoms with Gasteiger partial charge in [0.05, 0.1) is 5.52 Å². The first-order valence-electron chi connectivity index (χ1n) is 8.87. The lowest BCUT2D eigenvalue weighted by molar-refractivity contribution is 0.252. The van der Waals surface area contributed by atoms with Gasteiger partial charge in [0.2, 0.25) is 0 Å². The topological polar surface area (TPSA) is 78.9 Å². The maximum absolute atomic E-state index is 12.0. The molecule has 0 fully saturated rings. The lowest BCUT2D eigenvalue weighted by Gasteiger charge is -2.12. The Kier molecular flexibility index (Phi) is 6.08. The smallest absolute Gasteiger partial charge is 0.319 e. The van der Waals surface area contributed by atoms with E-state index < -0.39 is 0 Å². The van der Waals surface area contributed by atoms with Crippen molar-refractivity contribution in [3.8, 4) is 0 Å². The molecule has 0 bridgehead atoms. The fourth-order valence-electron chi connectivity index (χ4n) is 2.68. The van der Waals surface area contributed by atoms with Gasteiger partial charge in [-0.25, -0.2) is 14.8 Å². The third-order valence-corrected chi connectivity index (χ3v) is 4.35. The standard InChI is InChI=1S/C20H22ClN5O/c1-3-18-24-17-12-14(21)8-9-15(17)19(26-18)22-10-11-23-20(27)25-16-7-5-4-6-13(16)2/h4-9,12H,3,10-11H2,1-2H3,(H,22,24,26)(H2,23,25,27). The lowest BCUT2D eigenvalue weighted by Crippen LogP contribution is -2.33. The molecule has 1 aromatic heterocycles. The molecule has 0 saturated heterocycles. The van der Waals surface area contributed by atoms with Crippen LogP contribution in [0, 0.1) is 6.92 Å². The van der Waals surface area contributed by atoms with Gasteiger partial charge >= 0.3 is 6.03 Å². The summed E-state index contributed by atoms with van der Waals surface area (Å²) in [7, 11) is 0. The maximum Gasteiger partial charge on any atom is 0.319 e. The van der Waals surface area contributed by atoms with Gasteiger partial charge in [0, 0.05) is 35.6 Å². The number of para-hydroxylation sites is 1. The molecule has 1 heterocycles. The van der Waals surface area contributed by atoms with Crippen molar-refractivity contribution < 1.29 is 4.79 Å². The van der Waals surface area contributed by atoms with E-state index in [0.29, 0.717) is 18.1 Å². The third-order valence-electron chi connectivity index (χ3n) is 4.12. The molecule has 0 aliphatic rings. The number of hydrogen-bond donors (Lipinski definition) is 3. The molecule has 6 nitrogen and oxygen atoms in total. The van der Waals surface area contributed by atoms with Gasteiger partial charge in [0.25, 0.3) is 0 Å². The molecule has 3 rings (SSSR count). The van der Waals surface area contributed by atoms with Crippen molar-refractivity contribution in [3.05, 3.63) is 58.9 Å². The first-order chi connectivity index (χ1) is 13.1. The van der Waals surface area contributed by atoms with E-state index in [1.165, 1.54) is 0 Å². The van der Waals surface area contributed by atoms with Crippen LogP contribution in [0.4, 0.5) is 16.3 Å². The van der Waals surface area contributed by atoms with Gasteiger partial charge in [0.15, 0.2) is 0 Å². The van der Waals surface area contributed by atoms with Crippen molar-refractivity contribution in [1.82, 2.24) is 15.3 Å². The SMILES string of the molecule is CCc1nc(NCCNC(=O)Nc2ccccc2C)c2ccc(Cl)cc2n1. The Bertz CT molecular complexity index is 960. The number of anilines is 2. The summed E-state index contributed by atoms with van der Waals surface area (Å²) in [6.07, 6.45) is 0.730. The van der Waals surface area contributed by atoms with Crippen LogP contribution in [0.25, 0.3) is 10.9 Å². The number of aryl methyl sites for hydroxylation is 2. The molecule has 0 spiro atoms. The molecule has 3 aromatic rings. The molecule has 140 valence electrons. The van der Waals surface area contributed by atoms with Crippen molar-refractivity contribution >= 4 is 40.0 Å². The molecule has 2 aromatic carbocycles. The number of nitrogens with one attached hydrogen (secondary N) is 3. The zero-order valence-corrected chi connectivity index (χ0v) is 16.1. The first kappa shape index (κ1) is 18.9. The second-order valence-corrected chi connectivity index (χ2v) is 6.56. The van der Waals surface area contributed by atoms with Crippen LogP contribution in [-0.2, 0) is 6.42 Å². The highest BCUT2D eigenvalue weighted by Crippen LogP contribution is 2.23. The molecule has 2 amide bonds. The second kappa shape index (κ2) is 8.68. The number of amides is 2. The highest BCUT2D eigenvalue weighted by molar-refractivity contribution is 6.31. The van der Waals surface area contributed by atoms with Crippen LogP contribution in [0.15, 0.2) is 42.5 Å².